The molecule has 0 aliphatic carbocycles. The molecule has 0 amide bonds. The third-order valence-corrected chi connectivity index (χ3v) is 7.00. The molecule has 4 rings (SSSR count). The molecule has 0 heterocycles. The number of carbonyl (C=O) groups excluding carboxylic acids is 2. The normalized spacial score (nSPS) is 10.8. The van der Waals surface area contributed by atoms with Crippen LogP contribution in [0.5, 0.6) is 5.75 Å². The molecule has 0 fully saturated rings. The highest BCUT2D eigenvalue weighted by Gasteiger charge is 2.13. The molecule has 0 bridgehead atoms. The fourth-order valence-electron chi connectivity index (χ4n) is 4.60. The van der Waals surface area contributed by atoms with Crippen LogP contribution in [0.15, 0.2) is 72.8 Å². The summed E-state index contributed by atoms with van der Waals surface area (Å²) in [6.45, 7) is -0.128. The molecule has 0 aliphatic rings. The monoisotopic (exact) mass is 621 g/mol. The Morgan fingerprint density at radius 1 is 0.600 bits per heavy atom. The zero-order chi connectivity index (χ0) is 32.3. The van der Waals surface area contributed by atoms with Crippen molar-refractivity contribution in [3.63, 3.8) is 0 Å². The molecule has 45 heavy (non-hydrogen) atoms. The maximum absolute atomic E-state index is 14.6. The van der Waals surface area contributed by atoms with Crippen LogP contribution in [0.4, 0.5) is 22.0 Å². The molecule has 5 nitrogen and oxygen atoms in total. The highest BCUT2D eigenvalue weighted by atomic mass is 19.2. The van der Waals surface area contributed by atoms with E-state index in [4.69, 9.17) is 14.7 Å². The molecule has 10 heteroatoms. The van der Waals surface area contributed by atoms with Gasteiger partial charge < -0.3 is 9.47 Å². The molecule has 0 aliphatic heterocycles. The first-order chi connectivity index (χ1) is 21.6. The summed E-state index contributed by atoms with van der Waals surface area (Å²) in [5, 5.41) is 8.84. The number of benzene rings is 4. The highest BCUT2D eigenvalue weighted by molar-refractivity contribution is 5.73. The minimum Gasteiger partial charge on any atom is -0.461 e. The maximum atomic E-state index is 14.6. The second-order valence-corrected chi connectivity index (χ2v) is 10.3. The molecule has 4 aromatic rings. The zero-order valence-corrected chi connectivity index (χ0v) is 24.1. The lowest BCUT2D eigenvalue weighted by atomic mass is 10.0. The predicted molar refractivity (Wildman–Crippen MR) is 156 cm³/mol. The number of nitriles is 1. The summed E-state index contributed by atoms with van der Waals surface area (Å²) in [6.07, 6.45) is 3.62. The van der Waals surface area contributed by atoms with Gasteiger partial charge in [0.2, 0.25) is 0 Å². The van der Waals surface area contributed by atoms with Gasteiger partial charge >= 0.3 is 11.9 Å². The number of halogens is 5. The molecule has 0 unspecified atom stereocenters. The van der Waals surface area contributed by atoms with Gasteiger partial charge in [0, 0.05) is 30.0 Å². The van der Waals surface area contributed by atoms with Gasteiger partial charge in [0.15, 0.2) is 11.6 Å². The van der Waals surface area contributed by atoms with E-state index in [9.17, 15) is 31.5 Å². The zero-order valence-electron chi connectivity index (χ0n) is 24.1. The summed E-state index contributed by atoms with van der Waals surface area (Å²) in [6, 6.07) is 16.5. The van der Waals surface area contributed by atoms with Gasteiger partial charge in [-0.2, -0.15) is 5.26 Å². The summed E-state index contributed by atoms with van der Waals surface area (Å²) in [5.74, 6) is -5.15. The van der Waals surface area contributed by atoms with E-state index in [0.29, 0.717) is 24.8 Å². The van der Waals surface area contributed by atoms with E-state index >= 15 is 0 Å². The first-order valence-corrected chi connectivity index (χ1v) is 14.2. The number of esters is 2. The lowest BCUT2D eigenvalue weighted by molar-refractivity contribution is -0.145. The predicted octanol–water partition coefficient (Wildman–Crippen LogP) is 8.97. The highest BCUT2D eigenvalue weighted by Crippen LogP contribution is 2.28. The van der Waals surface area contributed by atoms with Crippen molar-refractivity contribution in [3.05, 3.63) is 113 Å². The van der Waals surface area contributed by atoms with Crippen LogP contribution in [0.3, 0.4) is 0 Å². The van der Waals surface area contributed by atoms with Crippen molar-refractivity contribution in [1.29, 1.82) is 5.26 Å². The smallest absolute Gasteiger partial charge is 0.311 e. The van der Waals surface area contributed by atoms with Gasteiger partial charge in [0.05, 0.1) is 5.56 Å². The van der Waals surface area contributed by atoms with Crippen molar-refractivity contribution in [2.24, 2.45) is 0 Å². The lowest BCUT2D eigenvalue weighted by Gasteiger charge is -2.09. The molecule has 0 spiro atoms. The molecule has 0 aromatic heterocycles. The van der Waals surface area contributed by atoms with Gasteiger partial charge in [-0.15, -0.1) is 0 Å². The van der Waals surface area contributed by atoms with E-state index in [2.05, 4.69) is 0 Å². The van der Waals surface area contributed by atoms with Crippen molar-refractivity contribution >= 4 is 11.9 Å². The lowest BCUT2D eigenvalue weighted by Crippen LogP contribution is -2.08. The number of hydrogen-bond donors (Lipinski definition) is 0. The number of ether oxygens (including phenoxy) is 2. The summed E-state index contributed by atoms with van der Waals surface area (Å²) in [4.78, 5) is 24.2. The summed E-state index contributed by atoms with van der Waals surface area (Å²) < 4.78 is 80.0. The molecule has 0 radical (unpaired) electrons. The Labute approximate surface area is 256 Å². The Kier molecular flexibility index (Phi) is 11.4. The van der Waals surface area contributed by atoms with Gasteiger partial charge in [-0.05, 0) is 72.0 Å². The van der Waals surface area contributed by atoms with Gasteiger partial charge in [-0.1, -0.05) is 43.5 Å². The van der Waals surface area contributed by atoms with E-state index < -0.39 is 41.0 Å². The fraction of sp³-hybridized carbons (Fsp3) is 0.229. The number of carbonyl (C=O) groups is 2. The molecule has 232 valence electrons. The average molecular weight is 622 g/mol. The summed E-state index contributed by atoms with van der Waals surface area (Å²) in [7, 11) is 0. The van der Waals surface area contributed by atoms with Gasteiger partial charge in [0.1, 0.15) is 35.9 Å². The summed E-state index contributed by atoms with van der Waals surface area (Å²) in [5.41, 5.74) is 0.909. The van der Waals surface area contributed by atoms with Crippen LogP contribution in [0.25, 0.3) is 22.3 Å². The Hall–Kier alpha value is -5.04. The van der Waals surface area contributed by atoms with E-state index in [1.165, 1.54) is 42.5 Å². The Morgan fingerprint density at radius 2 is 1.20 bits per heavy atom. The van der Waals surface area contributed by atoms with Crippen molar-refractivity contribution < 1.29 is 41.0 Å². The molecule has 0 N–H and O–H groups in total. The standard InChI is InChI=1S/C35H28F5NO4/c36-29-15-11-24(18-33(29)40)27-13-8-22(16-31(27)38)21-44-34(42)6-4-2-1-3-5-7-35(43)45-26-12-14-28(32(39)19-26)23-9-10-25(20-41)30(37)17-23/h8-19H,1-7,21H2. The number of unbranched alkanes of at least 4 members (excludes halogenated alkanes) is 4. The molecule has 0 saturated carbocycles. The van der Waals surface area contributed by atoms with Crippen LogP contribution in [-0.2, 0) is 20.9 Å². The first kappa shape index (κ1) is 32.9. The van der Waals surface area contributed by atoms with E-state index in [1.54, 1.807) is 12.1 Å². The second-order valence-electron chi connectivity index (χ2n) is 10.3. The SMILES string of the molecule is N#Cc1ccc(-c2ccc(OC(=O)CCCCCCCC(=O)OCc3ccc(-c4ccc(F)c(F)c4)c(F)c3)cc2F)cc1F. The third-order valence-electron chi connectivity index (χ3n) is 7.00. The van der Waals surface area contributed by atoms with Crippen LogP contribution in [0.1, 0.15) is 56.1 Å². The van der Waals surface area contributed by atoms with Crippen LogP contribution < -0.4 is 4.74 Å². The van der Waals surface area contributed by atoms with Crippen LogP contribution in [-0.4, -0.2) is 11.9 Å². The molecule has 0 atom stereocenters. The van der Waals surface area contributed by atoms with E-state index in [1.807, 2.05) is 0 Å². The van der Waals surface area contributed by atoms with Crippen LogP contribution in [0.2, 0.25) is 0 Å². The minimum absolute atomic E-state index is 0.0239. The maximum Gasteiger partial charge on any atom is 0.311 e. The molecule has 0 saturated heterocycles. The van der Waals surface area contributed by atoms with Crippen LogP contribution >= 0.6 is 0 Å². The Morgan fingerprint density at radius 3 is 1.82 bits per heavy atom. The van der Waals surface area contributed by atoms with Crippen LogP contribution in [0, 0.1) is 40.4 Å². The number of nitrogens with zero attached hydrogens (tertiary/aromatic N) is 1. The van der Waals surface area contributed by atoms with Crippen molar-refractivity contribution in [2.45, 2.75) is 51.6 Å². The molecular formula is C35H28F5NO4. The average Bonchev–Trinajstić information content (AvgIpc) is 3.01. The molecular weight excluding hydrogens is 593 g/mol. The quantitative estimate of drug-likeness (QED) is 0.0645. The Bertz CT molecular complexity index is 1730. The number of hydrogen-bond acceptors (Lipinski definition) is 5. The van der Waals surface area contributed by atoms with Gasteiger partial charge in [0.25, 0.3) is 0 Å². The van der Waals surface area contributed by atoms with E-state index in [0.717, 1.165) is 37.1 Å². The molecule has 4 aromatic carbocycles. The number of rotatable bonds is 13. The van der Waals surface area contributed by atoms with Crippen molar-refractivity contribution in [2.75, 3.05) is 0 Å². The third kappa shape index (κ3) is 9.22. The van der Waals surface area contributed by atoms with Crippen molar-refractivity contribution in [1.82, 2.24) is 0 Å². The second kappa shape index (κ2) is 15.6. The Balaban J connectivity index is 1.10. The summed E-state index contributed by atoms with van der Waals surface area (Å²) >= 11 is 0. The van der Waals surface area contributed by atoms with Gasteiger partial charge in [-0.25, -0.2) is 22.0 Å². The first-order valence-electron chi connectivity index (χ1n) is 14.2. The minimum atomic E-state index is -1.08. The van der Waals surface area contributed by atoms with Gasteiger partial charge in [-0.3, -0.25) is 9.59 Å². The largest absolute Gasteiger partial charge is 0.461 e. The fourth-order valence-corrected chi connectivity index (χ4v) is 4.60. The topological polar surface area (TPSA) is 76.4 Å². The van der Waals surface area contributed by atoms with Crippen molar-refractivity contribution in [3.8, 4) is 34.1 Å². The van der Waals surface area contributed by atoms with E-state index in [-0.39, 0.29) is 53.0 Å².